The van der Waals surface area contributed by atoms with Crippen molar-refractivity contribution >= 4 is 10.1 Å². The molecule has 0 aliphatic heterocycles. The molecule has 0 radical (unpaired) electrons. The van der Waals surface area contributed by atoms with Crippen LogP contribution in [0.3, 0.4) is 0 Å². The summed E-state index contributed by atoms with van der Waals surface area (Å²) in [6.45, 7) is 5.26. The molecule has 0 saturated heterocycles. The molecule has 0 aliphatic carbocycles. The van der Waals surface area contributed by atoms with E-state index in [1.54, 1.807) is 13.0 Å². The van der Waals surface area contributed by atoms with Crippen molar-refractivity contribution in [1.29, 1.82) is 0 Å². The Morgan fingerprint density at radius 1 is 1.60 bits per heavy atom. The Bertz CT molecular complexity index is 181. The minimum Gasteiger partial charge on any atom is -0.270 e. The van der Waals surface area contributed by atoms with Crippen molar-refractivity contribution in [3.63, 3.8) is 0 Å². The maximum atomic E-state index is 10.7. The summed E-state index contributed by atoms with van der Waals surface area (Å²) < 4.78 is 25.9. The lowest BCUT2D eigenvalue weighted by Gasteiger charge is -1.98. The summed E-state index contributed by atoms with van der Waals surface area (Å²) in [5.41, 5.74) is 0. The molecule has 0 N–H and O–H groups in total. The molecule has 0 amide bonds. The van der Waals surface area contributed by atoms with Crippen LogP contribution in [-0.2, 0) is 14.3 Å². The van der Waals surface area contributed by atoms with Crippen molar-refractivity contribution in [3.8, 4) is 0 Å². The van der Waals surface area contributed by atoms with Gasteiger partial charge in [-0.1, -0.05) is 6.08 Å². The van der Waals surface area contributed by atoms with E-state index < -0.39 is 10.1 Å². The molecule has 0 saturated carbocycles. The van der Waals surface area contributed by atoms with Crippen molar-refractivity contribution in [2.24, 2.45) is 0 Å². The van der Waals surface area contributed by atoms with Gasteiger partial charge >= 0.3 is 0 Å². The van der Waals surface area contributed by atoms with Crippen LogP contribution in [0.4, 0.5) is 0 Å². The van der Waals surface area contributed by atoms with Crippen LogP contribution in [0.2, 0.25) is 0 Å². The van der Waals surface area contributed by atoms with Crippen LogP contribution in [0.1, 0.15) is 13.3 Å². The lowest BCUT2D eigenvalue weighted by atomic mass is 10.5. The molecule has 0 bridgehead atoms. The Morgan fingerprint density at radius 2 is 2.20 bits per heavy atom. The molecule has 0 atom stereocenters. The van der Waals surface area contributed by atoms with E-state index in [1.165, 1.54) is 0 Å². The number of hydrogen-bond donors (Lipinski definition) is 0. The van der Waals surface area contributed by atoms with Gasteiger partial charge < -0.3 is 0 Å². The van der Waals surface area contributed by atoms with Gasteiger partial charge in [-0.25, -0.2) is 0 Å². The largest absolute Gasteiger partial charge is 0.270 e. The van der Waals surface area contributed by atoms with Gasteiger partial charge in [0.25, 0.3) is 10.1 Å². The Kier molecular flexibility index (Phi) is 4.31. The average molecular weight is 164 g/mol. The van der Waals surface area contributed by atoms with Gasteiger partial charge in [0.05, 0.1) is 12.4 Å². The lowest BCUT2D eigenvalue weighted by molar-refractivity contribution is 0.338. The maximum Gasteiger partial charge on any atom is 0.267 e. The van der Waals surface area contributed by atoms with Crippen molar-refractivity contribution < 1.29 is 12.6 Å². The highest BCUT2D eigenvalue weighted by molar-refractivity contribution is 7.86. The SMILES string of the molecule is C=CCCS(=O)(=O)OCC. The van der Waals surface area contributed by atoms with E-state index in [-0.39, 0.29) is 12.4 Å². The molecule has 10 heavy (non-hydrogen) atoms. The predicted octanol–water partition coefficient (Wildman–Crippen LogP) is 0.929. The van der Waals surface area contributed by atoms with Crippen LogP contribution in [-0.4, -0.2) is 20.8 Å². The van der Waals surface area contributed by atoms with Crippen LogP contribution in [0, 0.1) is 0 Å². The fourth-order valence-electron chi connectivity index (χ4n) is 0.466. The third-order valence-electron chi connectivity index (χ3n) is 0.869. The molecule has 0 aromatic heterocycles. The first-order valence-corrected chi connectivity index (χ1v) is 4.68. The zero-order chi connectivity index (χ0) is 8.04. The second-order valence-corrected chi connectivity index (χ2v) is 3.50. The summed E-state index contributed by atoms with van der Waals surface area (Å²) in [4.78, 5) is 0. The minimum atomic E-state index is -3.27. The molecular weight excluding hydrogens is 152 g/mol. The second kappa shape index (κ2) is 4.46. The van der Waals surface area contributed by atoms with Crippen molar-refractivity contribution in [1.82, 2.24) is 0 Å². The Morgan fingerprint density at radius 3 is 2.60 bits per heavy atom. The zero-order valence-corrected chi connectivity index (χ0v) is 6.86. The quantitative estimate of drug-likeness (QED) is 0.448. The molecule has 0 spiro atoms. The van der Waals surface area contributed by atoms with E-state index in [0.29, 0.717) is 6.42 Å². The summed E-state index contributed by atoms with van der Waals surface area (Å²) in [6.07, 6.45) is 2.00. The van der Waals surface area contributed by atoms with Gasteiger partial charge in [-0.05, 0) is 13.3 Å². The molecular formula is C6H12O3S. The lowest BCUT2D eigenvalue weighted by Crippen LogP contribution is -2.09. The van der Waals surface area contributed by atoms with Gasteiger partial charge in [0, 0.05) is 0 Å². The summed E-state index contributed by atoms with van der Waals surface area (Å²) in [6, 6.07) is 0. The average Bonchev–Trinajstić information content (AvgIpc) is 1.84. The molecule has 0 aliphatic rings. The number of hydrogen-bond acceptors (Lipinski definition) is 3. The van der Waals surface area contributed by atoms with Crippen LogP contribution in [0.5, 0.6) is 0 Å². The third-order valence-corrected chi connectivity index (χ3v) is 2.20. The monoisotopic (exact) mass is 164 g/mol. The van der Waals surface area contributed by atoms with E-state index >= 15 is 0 Å². The highest BCUT2D eigenvalue weighted by Gasteiger charge is 2.06. The highest BCUT2D eigenvalue weighted by atomic mass is 32.2. The molecule has 0 heterocycles. The second-order valence-electron chi connectivity index (χ2n) is 1.75. The first-order chi connectivity index (χ1) is 4.62. The standard InChI is InChI=1S/C6H12O3S/c1-3-5-6-10(7,8)9-4-2/h3H,1,4-6H2,2H3. The summed E-state index contributed by atoms with van der Waals surface area (Å²) in [5, 5.41) is 0. The minimum absolute atomic E-state index is 0.0321. The molecule has 4 heteroatoms. The molecule has 60 valence electrons. The van der Waals surface area contributed by atoms with E-state index in [2.05, 4.69) is 10.8 Å². The van der Waals surface area contributed by atoms with Crippen LogP contribution >= 0.6 is 0 Å². The Balaban J connectivity index is 3.76. The molecule has 0 fully saturated rings. The fraction of sp³-hybridized carbons (Fsp3) is 0.667. The zero-order valence-electron chi connectivity index (χ0n) is 6.04. The summed E-state index contributed by atoms with van der Waals surface area (Å²) in [5.74, 6) is 0.0321. The molecule has 0 rings (SSSR count). The molecule has 0 aromatic carbocycles. The molecule has 0 aromatic rings. The maximum absolute atomic E-state index is 10.7. The van der Waals surface area contributed by atoms with E-state index in [0.717, 1.165) is 0 Å². The van der Waals surface area contributed by atoms with Gasteiger partial charge in [-0.2, -0.15) is 8.42 Å². The van der Waals surface area contributed by atoms with Gasteiger partial charge in [-0.3, -0.25) is 4.18 Å². The normalized spacial score (nSPS) is 11.3. The summed E-state index contributed by atoms with van der Waals surface area (Å²) >= 11 is 0. The van der Waals surface area contributed by atoms with Crippen LogP contribution in [0.25, 0.3) is 0 Å². The summed E-state index contributed by atoms with van der Waals surface area (Å²) in [7, 11) is -3.27. The van der Waals surface area contributed by atoms with Crippen LogP contribution < -0.4 is 0 Å². The van der Waals surface area contributed by atoms with Crippen LogP contribution in [0.15, 0.2) is 12.7 Å². The predicted molar refractivity (Wildman–Crippen MR) is 40.2 cm³/mol. The third kappa shape index (κ3) is 4.52. The van der Waals surface area contributed by atoms with Crippen molar-refractivity contribution in [2.75, 3.05) is 12.4 Å². The topological polar surface area (TPSA) is 43.4 Å². The number of rotatable bonds is 5. The van der Waals surface area contributed by atoms with Crippen molar-refractivity contribution in [3.05, 3.63) is 12.7 Å². The number of allylic oxidation sites excluding steroid dienone is 1. The van der Waals surface area contributed by atoms with E-state index in [9.17, 15) is 8.42 Å². The first-order valence-electron chi connectivity index (χ1n) is 3.10. The smallest absolute Gasteiger partial charge is 0.267 e. The van der Waals surface area contributed by atoms with Gasteiger partial charge in [0.15, 0.2) is 0 Å². The van der Waals surface area contributed by atoms with E-state index in [4.69, 9.17) is 0 Å². The fourth-order valence-corrected chi connectivity index (χ4v) is 1.40. The van der Waals surface area contributed by atoms with E-state index in [1.807, 2.05) is 0 Å². The Labute approximate surface area is 61.8 Å². The first kappa shape index (κ1) is 9.65. The van der Waals surface area contributed by atoms with Gasteiger partial charge in [0.1, 0.15) is 0 Å². The highest BCUT2D eigenvalue weighted by Crippen LogP contribution is 1.95. The molecule has 3 nitrogen and oxygen atoms in total. The molecule has 0 unspecified atom stereocenters. The Hall–Kier alpha value is -0.350. The van der Waals surface area contributed by atoms with Gasteiger partial charge in [-0.15, -0.1) is 6.58 Å². The van der Waals surface area contributed by atoms with Gasteiger partial charge in [0.2, 0.25) is 0 Å². The van der Waals surface area contributed by atoms with Crippen molar-refractivity contribution in [2.45, 2.75) is 13.3 Å².